The van der Waals surface area contributed by atoms with Gasteiger partial charge in [0.25, 0.3) is 0 Å². The molecule has 0 saturated carbocycles. The largest absolute Gasteiger partial charge is 0.490 e. The number of rotatable bonds is 4. The molecule has 1 aliphatic heterocycles. The van der Waals surface area contributed by atoms with Gasteiger partial charge in [-0.3, -0.25) is 0 Å². The van der Waals surface area contributed by atoms with E-state index in [2.05, 4.69) is 4.72 Å². The first-order chi connectivity index (χ1) is 8.67. The zero-order chi connectivity index (χ0) is 14.3. The van der Waals surface area contributed by atoms with Crippen LogP contribution >= 0.6 is 0 Å². The second-order valence-corrected chi connectivity index (χ2v) is 7.48. The zero-order valence-corrected chi connectivity index (χ0v) is 12.3. The monoisotopic (exact) mass is 284 g/mol. The summed E-state index contributed by atoms with van der Waals surface area (Å²) in [4.78, 5) is 0.258. The zero-order valence-electron chi connectivity index (χ0n) is 11.4. The summed E-state index contributed by atoms with van der Waals surface area (Å²) in [6, 6.07) is 4.94. The van der Waals surface area contributed by atoms with Gasteiger partial charge in [-0.15, -0.1) is 0 Å². The lowest BCUT2D eigenvalue weighted by Crippen LogP contribution is -2.45. The molecule has 3 N–H and O–H groups in total. The van der Waals surface area contributed by atoms with Crippen LogP contribution in [0.1, 0.15) is 26.3 Å². The van der Waals surface area contributed by atoms with E-state index in [1.54, 1.807) is 32.0 Å². The van der Waals surface area contributed by atoms with Gasteiger partial charge in [0.15, 0.2) is 0 Å². The molecule has 0 amide bonds. The van der Waals surface area contributed by atoms with Crippen molar-refractivity contribution in [2.75, 3.05) is 6.54 Å². The molecule has 1 heterocycles. The molecule has 1 unspecified atom stereocenters. The third-order valence-electron chi connectivity index (χ3n) is 2.90. The lowest BCUT2D eigenvalue weighted by molar-refractivity contribution is 0.254. The lowest BCUT2D eigenvalue weighted by atomic mass is 10.1. The van der Waals surface area contributed by atoms with E-state index in [4.69, 9.17) is 10.5 Å². The minimum absolute atomic E-state index is 0.101. The van der Waals surface area contributed by atoms with Gasteiger partial charge in [-0.2, -0.15) is 0 Å². The SMILES string of the molecule is CC1Cc2cc(S(=O)(=O)NCC(C)(C)N)ccc2O1. The van der Waals surface area contributed by atoms with Crippen LogP contribution in [0.4, 0.5) is 0 Å². The molecule has 106 valence electrons. The van der Waals surface area contributed by atoms with Crippen molar-refractivity contribution in [3.8, 4) is 5.75 Å². The van der Waals surface area contributed by atoms with Crippen molar-refractivity contribution in [2.24, 2.45) is 5.73 Å². The van der Waals surface area contributed by atoms with E-state index in [0.717, 1.165) is 17.7 Å². The van der Waals surface area contributed by atoms with E-state index >= 15 is 0 Å². The van der Waals surface area contributed by atoms with Crippen molar-refractivity contribution in [1.82, 2.24) is 4.72 Å². The Labute approximate surface area is 114 Å². The smallest absolute Gasteiger partial charge is 0.240 e. The number of hydrogen-bond donors (Lipinski definition) is 2. The fraction of sp³-hybridized carbons (Fsp3) is 0.538. The Morgan fingerprint density at radius 1 is 1.47 bits per heavy atom. The second kappa shape index (κ2) is 4.77. The summed E-state index contributed by atoms with van der Waals surface area (Å²) in [5, 5.41) is 0. The van der Waals surface area contributed by atoms with Crippen molar-refractivity contribution in [2.45, 2.75) is 43.7 Å². The first-order valence-corrected chi connectivity index (χ1v) is 7.74. The van der Waals surface area contributed by atoms with Crippen LogP contribution in [0.5, 0.6) is 5.75 Å². The van der Waals surface area contributed by atoms with Gasteiger partial charge in [-0.25, -0.2) is 13.1 Å². The van der Waals surface area contributed by atoms with Gasteiger partial charge in [-0.05, 0) is 44.5 Å². The molecular weight excluding hydrogens is 264 g/mol. The first-order valence-electron chi connectivity index (χ1n) is 6.25. The van der Waals surface area contributed by atoms with E-state index in [1.165, 1.54) is 0 Å². The van der Waals surface area contributed by atoms with Gasteiger partial charge in [0.2, 0.25) is 10.0 Å². The lowest BCUT2D eigenvalue weighted by Gasteiger charge is -2.19. The molecule has 0 spiro atoms. The minimum Gasteiger partial charge on any atom is -0.490 e. The van der Waals surface area contributed by atoms with E-state index in [9.17, 15) is 8.42 Å². The normalized spacial score (nSPS) is 19.1. The van der Waals surface area contributed by atoms with Gasteiger partial charge in [-0.1, -0.05) is 0 Å². The number of ether oxygens (including phenoxy) is 1. The van der Waals surface area contributed by atoms with Gasteiger partial charge >= 0.3 is 0 Å². The highest BCUT2D eigenvalue weighted by Gasteiger charge is 2.23. The van der Waals surface area contributed by atoms with Crippen molar-refractivity contribution in [3.05, 3.63) is 23.8 Å². The quantitative estimate of drug-likeness (QED) is 0.865. The highest BCUT2D eigenvalue weighted by atomic mass is 32.2. The molecule has 1 atom stereocenters. The Balaban J connectivity index is 2.20. The molecule has 0 aromatic heterocycles. The number of hydrogen-bond acceptors (Lipinski definition) is 4. The maximum Gasteiger partial charge on any atom is 0.240 e. The molecule has 0 radical (unpaired) electrons. The number of sulfonamides is 1. The summed E-state index contributed by atoms with van der Waals surface area (Å²) in [5.74, 6) is 0.769. The molecule has 1 aliphatic rings. The summed E-state index contributed by atoms with van der Waals surface area (Å²) < 4.78 is 32.4. The summed E-state index contributed by atoms with van der Waals surface area (Å²) in [6.07, 6.45) is 0.838. The molecular formula is C13H20N2O3S. The molecule has 2 rings (SSSR count). The number of nitrogens with two attached hydrogens (primary N) is 1. The van der Waals surface area contributed by atoms with Crippen LogP contribution in [0.2, 0.25) is 0 Å². The standard InChI is InChI=1S/C13H20N2O3S/c1-9-6-10-7-11(4-5-12(10)18-9)19(16,17)15-8-13(2,3)14/h4-5,7,9,15H,6,8,14H2,1-3H3. The van der Waals surface area contributed by atoms with E-state index in [0.29, 0.717) is 0 Å². The minimum atomic E-state index is -3.52. The van der Waals surface area contributed by atoms with Crippen LogP contribution in [-0.4, -0.2) is 26.6 Å². The highest BCUT2D eigenvalue weighted by Crippen LogP contribution is 2.30. The maximum absolute atomic E-state index is 12.2. The fourth-order valence-corrected chi connectivity index (χ4v) is 3.20. The van der Waals surface area contributed by atoms with Gasteiger partial charge in [0.05, 0.1) is 4.90 Å². The Morgan fingerprint density at radius 3 is 2.79 bits per heavy atom. The topological polar surface area (TPSA) is 81.4 Å². The van der Waals surface area contributed by atoms with Gasteiger partial charge in [0.1, 0.15) is 11.9 Å². The Bertz CT molecular complexity index is 576. The van der Waals surface area contributed by atoms with Crippen LogP contribution in [0.3, 0.4) is 0 Å². The summed E-state index contributed by atoms with van der Waals surface area (Å²) in [7, 11) is -3.52. The van der Waals surface area contributed by atoms with Crippen LogP contribution in [0.15, 0.2) is 23.1 Å². The number of benzene rings is 1. The predicted molar refractivity (Wildman–Crippen MR) is 73.7 cm³/mol. The summed E-state index contributed by atoms with van der Waals surface area (Å²) in [5.41, 5.74) is 6.13. The van der Waals surface area contributed by atoms with Gasteiger partial charge < -0.3 is 10.5 Å². The van der Waals surface area contributed by atoms with Crippen LogP contribution in [0.25, 0.3) is 0 Å². The van der Waals surface area contributed by atoms with Crippen LogP contribution in [-0.2, 0) is 16.4 Å². The Morgan fingerprint density at radius 2 is 2.16 bits per heavy atom. The molecule has 0 bridgehead atoms. The Kier molecular flexibility index (Phi) is 3.59. The summed E-state index contributed by atoms with van der Waals surface area (Å²) >= 11 is 0. The third kappa shape index (κ3) is 3.46. The molecule has 0 fully saturated rings. The summed E-state index contributed by atoms with van der Waals surface area (Å²) in [6.45, 7) is 5.70. The van der Waals surface area contributed by atoms with Crippen LogP contribution in [0, 0.1) is 0 Å². The van der Waals surface area contributed by atoms with Gasteiger partial charge in [0, 0.05) is 18.5 Å². The van der Waals surface area contributed by atoms with Crippen molar-refractivity contribution in [1.29, 1.82) is 0 Å². The van der Waals surface area contributed by atoms with E-state index in [-0.39, 0.29) is 17.5 Å². The number of nitrogens with one attached hydrogen (secondary N) is 1. The molecule has 1 aromatic carbocycles. The predicted octanol–water partition coefficient (Wildman–Crippen LogP) is 1.03. The average Bonchev–Trinajstić information content (AvgIpc) is 2.64. The molecule has 0 aliphatic carbocycles. The first kappa shape index (κ1) is 14.3. The maximum atomic E-state index is 12.2. The van der Waals surface area contributed by atoms with Crippen molar-refractivity contribution >= 4 is 10.0 Å². The molecule has 1 aromatic rings. The van der Waals surface area contributed by atoms with Crippen LogP contribution < -0.4 is 15.2 Å². The molecule has 6 heteroatoms. The molecule has 5 nitrogen and oxygen atoms in total. The molecule has 19 heavy (non-hydrogen) atoms. The Hall–Kier alpha value is -1.11. The van der Waals surface area contributed by atoms with E-state index in [1.807, 2.05) is 6.92 Å². The van der Waals surface area contributed by atoms with Crippen molar-refractivity contribution < 1.29 is 13.2 Å². The third-order valence-corrected chi connectivity index (χ3v) is 4.29. The molecule has 0 saturated heterocycles. The average molecular weight is 284 g/mol. The van der Waals surface area contributed by atoms with Crippen molar-refractivity contribution in [3.63, 3.8) is 0 Å². The fourth-order valence-electron chi connectivity index (χ4n) is 1.93. The second-order valence-electron chi connectivity index (χ2n) is 5.72. The van der Waals surface area contributed by atoms with E-state index < -0.39 is 15.6 Å². The highest BCUT2D eigenvalue weighted by molar-refractivity contribution is 7.89. The number of fused-ring (bicyclic) bond motifs is 1.